The van der Waals surface area contributed by atoms with E-state index in [1.54, 1.807) is 18.2 Å². The molecule has 6 nitrogen and oxygen atoms in total. The van der Waals surface area contributed by atoms with Crippen molar-refractivity contribution in [3.8, 4) is 0 Å². The van der Waals surface area contributed by atoms with Crippen molar-refractivity contribution in [1.29, 1.82) is 0 Å². The van der Waals surface area contributed by atoms with Crippen molar-refractivity contribution in [2.45, 2.75) is 25.4 Å². The van der Waals surface area contributed by atoms with Gasteiger partial charge in [-0.15, -0.1) is 0 Å². The second-order valence-electron chi connectivity index (χ2n) is 7.19. The smallest absolute Gasteiger partial charge is 0.235 e. The maximum Gasteiger partial charge on any atom is 0.235 e. The van der Waals surface area contributed by atoms with Gasteiger partial charge in [0.2, 0.25) is 5.91 Å². The van der Waals surface area contributed by atoms with Gasteiger partial charge in [0.1, 0.15) is 12.2 Å². The second-order valence-corrected chi connectivity index (χ2v) is 8.44. The first-order chi connectivity index (χ1) is 13.9. The van der Waals surface area contributed by atoms with E-state index in [1.807, 2.05) is 6.07 Å². The van der Waals surface area contributed by atoms with Crippen molar-refractivity contribution in [3.05, 3.63) is 63.6 Å². The highest BCUT2D eigenvalue weighted by atomic mass is 35.5. The van der Waals surface area contributed by atoms with Gasteiger partial charge in [0, 0.05) is 18.8 Å². The maximum atomic E-state index is 12.8. The normalized spacial score (nSPS) is 24.5. The largest absolute Gasteiger partial charge is 0.349 e. The Kier molecular flexibility index (Phi) is 6.06. The van der Waals surface area contributed by atoms with Crippen LogP contribution in [0, 0.1) is 5.92 Å². The predicted octanol–water partition coefficient (Wildman–Crippen LogP) is 2.70. The topological polar surface area (TPSA) is 82.4 Å². The van der Waals surface area contributed by atoms with Gasteiger partial charge in [-0.2, -0.15) is 0 Å². The van der Waals surface area contributed by atoms with Gasteiger partial charge in [0.25, 0.3) is 0 Å². The standard InChI is InChI=1S/C20H21Cl2N5OS/c21-14-6-5-13(9-15(14)22)24-19(29)16-17(23)25-20(26-18(16)28)27-8-7-11-3-1-2-4-12(11)10-27/h1-6,9,16-17,20,25H,7-8,10,23H2,(H,24,29)(H,26,28). The highest BCUT2D eigenvalue weighted by molar-refractivity contribution is 7.80. The molecule has 0 bridgehead atoms. The number of rotatable bonds is 3. The van der Waals surface area contributed by atoms with Crippen LogP contribution in [0.5, 0.6) is 0 Å². The van der Waals surface area contributed by atoms with E-state index in [0.29, 0.717) is 20.7 Å². The van der Waals surface area contributed by atoms with E-state index in [-0.39, 0.29) is 12.2 Å². The Balaban J connectivity index is 1.42. The minimum absolute atomic E-state index is 0.210. The molecule has 1 fully saturated rings. The minimum atomic E-state index is -0.701. The van der Waals surface area contributed by atoms with Crippen LogP contribution in [0.25, 0.3) is 0 Å². The molecule has 0 saturated carbocycles. The van der Waals surface area contributed by atoms with Crippen molar-refractivity contribution in [3.63, 3.8) is 0 Å². The van der Waals surface area contributed by atoms with Gasteiger partial charge in [-0.25, -0.2) is 0 Å². The molecule has 152 valence electrons. The molecule has 0 spiro atoms. The summed E-state index contributed by atoms with van der Waals surface area (Å²) in [6, 6.07) is 13.4. The minimum Gasteiger partial charge on any atom is -0.349 e. The Hall–Kier alpha value is -1.74. The third kappa shape index (κ3) is 4.40. The van der Waals surface area contributed by atoms with Crippen molar-refractivity contribution in [2.75, 3.05) is 11.9 Å². The Labute approximate surface area is 184 Å². The summed E-state index contributed by atoms with van der Waals surface area (Å²) in [4.78, 5) is 15.3. The molecule has 4 rings (SSSR count). The molecule has 0 aliphatic carbocycles. The number of nitrogens with two attached hydrogens (primary N) is 1. The molecule has 5 N–H and O–H groups in total. The number of benzene rings is 2. The molecule has 3 unspecified atom stereocenters. The Morgan fingerprint density at radius 2 is 1.93 bits per heavy atom. The van der Waals surface area contributed by atoms with Gasteiger partial charge < -0.3 is 16.4 Å². The van der Waals surface area contributed by atoms with E-state index in [1.165, 1.54) is 11.1 Å². The van der Waals surface area contributed by atoms with Crippen LogP contribution in [0.3, 0.4) is 0 Å². The van der Waals surface area contributed by atoms with Crippen molar-refractivity contribution in [2.24, 2.45) is 11.7 Å². The van der Waals surface area contributed by atoms with Gasteiger partial charge in [0.05, 0.1) is 21.2 Å². The Bertz CT molecular complexity index is 956. The first-order valence-corrected chi connectivity index (χ1v) is 10.5. The van der Waals surface area contributed by atoms with Gasteiger partial charge >= 0.3 is 0 Å². The van der Waals surface area contributed by atoms with Gasteiger partial charge in [-0.1, -0.05) is 59.7 Å². The molecular weight excluding hydrogens is 429 g/mol. The van der Waals surface area contributed by atoms with Crippen molar-refractivity contribution in [1.82, 2.24) is 15.5 Å². The first kappa shape index (κ1) is 20.5. The summed E-state index contributed by atoms with van der Waals surface area (Å²) >= 11 is 17.4. The summed E-state index contributed by atoms with van der Waals surface area (Å²) in [5, 5.41) is 10.2. The van der Waals surface area contributed by atoms with E-state index < -0.39 is 12.1 Å². The SMILES string of the molecule is NC1NC(N2CCc3ccccc3C2)NC(=O)C1C(=S)Nc1ccc(Cl)c(Cl)c1. The average molecular weight is 450 g/mol. The molecule has 9 heteroatoms. The van der Waals surface area contributed by atoms with Crippen LogP contribution in [-0.2, 0) is 17.8 Å². The molecule has 29 heavy (non-hydrogen) atoms. The van der Waals surface area contributed by atoms with Gasteiger partial charge in [-0.3, -0.25) is 15.0 Å². The van der Waals surface area contributed by atoms with Crippen LogP contribution in [-0.4, -0.2) is 34.8 Å². The number of carbonyl (C=O) groups excluding carboxylic acids is 1. The maximum absolute atomic E-state index is 12.8. The Morgan fingerprint density at radius 3 is 2.66 bits per heavy atom. The molecular formula is C20H21Cl2N5OS. The number of hydrogen-bond donors (Lipinski definition) is 4. The lowest BCUT2D eigenvalue weighted by molar-refractivity contribution is -0.129. The number of nitrogens with zero attached hydrogens (tertiary/aromatic N) is 1. The number of nitrogens with one attached hydrogen (secondary N) is 3. The molecule has 2 aliphatic heterocycles. The Morgan fingerprint density at radius 1 is 1.17 bits per heavy atom. The summed E-state index contributed by atoms with van der Waals surface area (Å²) in [6.07, 6.45) is -0.0243. The monoisotopic (exact) mass is 449 g/mol. The number of anilines is 1. The summed E-state index contributed by atoms with van der Waals surface area (Å²) < 4.78 is 0. The molecule has 2 aliphatic rings. The van der Waals surface area contributed by atoms with Gasteiger partial charge in [0.15, 0.2) is 0 Å². The lowest BCUT2D eigenvalue weighted by Gasteiger charge is -2.42. The highest BCUT2D eigenvalue weighted by Crippen LogP contribution is 2.26. The van der Waals surface area contributed by atoms with Crippen LogP contribution < -0.4 is 21.7 Å². The highest BCUT2D eigenvalue weighted by Gasteiger charge is 2.39. The van der Waals surface area contributed by atoms with Crippen molar-refractivity contribution >= 4 is 52.0 Å². The number of fused-ring (bicyclic) bond motifs is 1. The van der Waals surface area contributed by atoms with E-state index in [9.17, 15) is 4.79 Å². The molecule has 1 saturated heterocycles. The third-order valence-corrected chi connectivity index (χ3v) is 6.36. The zero-order chi connectivity index (χ0) is 20.5. The van der Waals surface area contributed by atoms with E-state index in [0.717, 1.165) is 19.5 Å². The fourth-order valence-corrected chi connectivity index (χ4v) is 4.39. The van der Waals surface area contributed by atoms with E-state index in [4.69, 9.17) is 41.2 Å². The van der Waals surface area contributed by atoms with E-state index >= 15 is 0 Å². The number of amides is 1. The van der Waals surface area contributed by atoms with E-state index in [2.05, 4.69) is 39.0 Å². The quantitative estimate of drug-likeness (QED) is 0.539. The molecule has 0 radical (unpaired) electrons. The molecule has 2 aromatic rings. The second kappa shape index (κ2) is 8.55. The van der Waals surface area contributed by atoms with Crippen LogP contribution in [0.1, 0.15) is 11.1 Å². The lowest BCUT2D eigenvalue weighted by atomic mass is 9.99. The first-order valence-electron chi connectivity index (χ1n) is 9.31. The fraction of sp³-hybridized carbons (Fsp3) is 0.300. The summed E-state index contributed by atoms with van der Waals surface area (Å²) in [7, 11) is 0. The van der Waals surface area contributed by atoms with Crippen LogP contribution in [0.15, 0.2) is 42.5 Å². The summed E-state index contributed by atoms with van der Waals surface area (Å²) in [6.45, 7) is 1.58. The number of halogens is 2. The zero-order valence-corrected chi connectivity index (χ0v) is 17.8. The third-order valence-electron chi connectivity index (χ3n) is 5.27. The fourth-order valence-electron chi connectivity index (χ4n) is 3.72. The number of thiocarbonyl (C=S) groups is 1. The average Bonchev–Trinajstić information content (AvgIpc) is 2.70. The molecule has 2 heterocycles. The molecule has 1 amide bonds. The number of hydrogen-bond acceptors (Lipinski definition) is 5. The lowest BCUT2D eigenvalue weighted by Crippen LogP contribution is -2.71. The number of carbonyl (C=O) groups is 1. The van der Waals surface area contributed by atoms with Crippen LogP contribution in [0.2, 0.25) is 10.0 Å². The van der Waals surface area contributed by atoms with Crippen molar-refractivity contribution < 1.29 is 4.79 Å². The summed E-state index contributed by atoms with van der Waals surface area (Å²) in [5.74, 6) is -0.912. The van der Waals surface area contributed by atoms with Gasteiger partial charge in [-0.05, 0) is 35.7 Å². The zero-order valence-electron chi connectivity index (χ0n) is 15.5. The summed E-state index contributed by atoms with van der Waals surface area (Å²) in [5.41, 5.74) is 9.56. The van der Waals surface area contributed by atoms with Crippen LogP contribution >= 0.6 is 35.4 Å². The molecule has 2 aromatic carbocycles. The molecule has 0 aromatic heterocycles. The predicted molar refractivity (Wildman–Crippen MR) is 120 cm³/mol. The van der Waals surface area contributed by atoms with Crippen LogP contribution in [0.4, 0.5) is 5.69 Å². The molecule has 3 atom stereocenters.